The summed E-state index contributed by atoms with van der Waals surface area (Å²) in [6.45, 7) is 14.7. The van der Waals surface area contributed by atoms with Gasteiger partial charge < -0.3 is 15.2 Å². The maximum atomic E-state index is 12.4. The fraction of sp³-hybridized carbons (Fsp3) is 0.500. The van der Waals surface area contributed by atoms with E-state index in [1.54, 1.807) is 0 Å². The molecular weight excluding hydrogens is 362 g/mol. The van der Waals surface area contributed by atoms with Crippen LogP contribution in [0, 0.1) is 5.92 Å². The zero-order valence-corrected chi connectivity index (χ0v) is 18.7. The van der Waals surface area contributed by atoms with Crippen LogP contribution in [0.3, 0.4) is 0 Å². The number of H-pyrrole nitrogens is 1. The number of ketones is 1. The van der Waals surface area contributed by atoms with E-state index in [0.717, 1.165) is 42.2 Å². The summed E-state index contributed by atoms with van der Waals surface area (Å²) in [5, 5.41) is 3.10. The normalized spacial score (nSPS) is 17.0. The Hall–Kier alpha value is -2.56. The molecule has 158 valence electrons. The van der Waals surface area contributed by atoms with Gasteiger partial charge in [-0.05, 0) is 36.5 Å². The van der Waals surface area contributed by atoms with Crippen molar-refractivity contribution in [3.63, 3.8) is 0 Å². The van der Waals surface area contributed by atoms with Gasteiger partial charge in [0.15, 0.2) is 5.78 Å². The summed E-state index contributed by atoms with van der Waals surface area (Å²) in [6.07, 6.45) is 1.99. The molecule has 4 rings (SSSR count). The van der Waals surface area contributed by atoms with E-state index in [9.17, 15) is 9.59 Å². The Morgan fingerprint density at radius 2 is 1.72 bits per heavy atom. The molecular formula is C24H35N3O2. The SMILES string of the molecule is CC.CC.CCc1c(-c2ccc(N3CCC(C)C3)cc2)[nH]c(=O)c2c1NCC2=O. The second kappa shape index (κ2) is 10.3. The van der Waals surface area contributed by atoms with Gasteiger partial charge in [-0.25, -0.2) is 0 Å². The average Bonchev–Trinajstić information content (AvgIpc) is 3.37. The molecule has 1 atom stereocenters. The van der Waals surface area contributed by atoms with Crippen molar-refractivity contribution in [1.29, 1.82) is 0 Å². The number of anilines is 2. The van der Waals surface area contributed by atoms with Crippen molar-refractivity contribution in [2.75, 3.05) is 29.9 Å². The van der Waals surface area contributed by atoms with Crippen LogP contribution in [0.5, 0.6) is 0 Å². The van der Waals surface area contributed by atoms with E-state index >= 15 is 0 Å². The lowest BCUT2D eigenvalue weighted by Gasteiger charge is -2.19. The number of hydrogen-bond acceptors (Lipinski definition) is 4. The molecule has 1 saturated heterocycles. The molecule has 1 fully saturated rings. The van der Waals surface area contributed by atoms with Crippen LogP contribution in [-0.4, -0.2) is 30.4 Å². The molecule has 0 amide bonds. The second-order valence-electron chi connectivity index (χ2n) is 7.07. The molecule has 29 heavy (non-hydrogen) atoms. The Morgan fingerprint density at radius 1 is 1.07 bits per heavy atom. The number of aromatic nitrogens is 1. The highest BCUT2D eigenvalue weighted by molar-refractivity contribution is 6.09. The van der Waals surface area contributed by atoms with Crippen molar-refractivity contribution in [3.05, 3.63) is 45.7 Å². The van der Waals surface area contributed by atoms with Crippen LogP contribution in [0.2, 0.25) is 0 Å². The van der Waals surface area contributed by atoms with Gasteiger partial charge in [-0.3, -0.25) is 9.59 Å². The first-order chi connectivity index (χ1) is 14.1. The number of carbonyl (C=O) groups excluding carboxylic acids is 1. The third-order valence-electron chi connectivity index (χ3n) is 5.32. The smallest absolute Gasteiger partial charge is 0.261 e. The summed E-state index contributed by atoms with van der Waals surface area (Å²) in [6, 6.07) is 8.37. The van der Waals surface area contributed by atoms with Crippen LogP contribution in [0.15, 0.2) is 29.1 Å². The van der Waals surface area contributed by atoms with Crippen LogP contribution in [-0.2, 0) is 6.42 Å². The van der Waals surface area contributed by atoms with Gasteiger partial charge in [0.2, 0.25) is 0 Å². The van der Waals surface area contributed by atoms with Gasteiger partial charge in [0.05, 0.1) is 17.9 Å². The minimum absolute atomic E-state index is 0.129. The molecule has 0 saturated carbocycles. The van der Waals surface area contributed by atoms with Crippen molar-refractivity contribution >= 4 is 17.2 Å². The van der Waals surface area contributed by atoms with Crippen LogP contribution < -0.4 is 15.8 Å². The standard InChI is InChI=1S/C20H23N3O2.2C2H6/c1-3-15-18(22-20(25)17-16(24)10-21-19(15)17)13-4-6-14(7-5-13)23-9-8-12(2)11-23;2*1-2/h4-7,12,21H,3,8-11H2,1-2H3,(H,22,25);2*1-2H3. The number of aromatic amines is 1. The van der Waals surface area contributed by atoms with E-state index in [2.05, 4.69) is 46.4 Å². The Balaban J connectivity index is 0.000000707. The summed E-state index contributed by atoms with van der Waals surface area (Å²) in [7, 11) is 0. The maximum absolute atomic E-state index is 12.4. The van der Waals surface area contributed by atoms with E-state index in [1.165, 1.54) is 12.1 Å². The number of benzene rings is 1. The Morgan fingerprint density at radius 3 is 2.28 bits per heavy atom. The highest BCUT2D eigenvalue weighted by atomic mass is 16.1. The molecule has 1 aromatic carbocycles. The first-order valence-electron chi connectivity index (χ1n) is 11.0. The first kappa shape index (κ1) is 22.7. The molecule has 0 aliphatic carbocycles. The van der Waals surface area contributed by atoms with Gasteiger partial charge in [0.1, 0.15) is 5.56 Å². The third-order valence-corrected chi connectivity index (χ3v) is 5.32. The highest BCUT2D eigenvalue weighted by Gasteiger charge is 2.27. The van der Waals surface area contributed by atoms with Crippen molar-refractivity contribution in [2.24, 2.45) is 5.92 Å². The molecule has 2 aliphatic heterocycles. The molecule has 1 aromatic heterocycles. The zero-order valence-electron chi connectivity index (χ0n) is 18.7. The molecule has 5 nitrogen and oxygen atoms in total. The topological polar surface area (TPSA) is 65.2 Å². The summed E-state index contributed by atoms with van der Waals surface area (Å²) in [4.78, 5) is 29.6. The second-order valence-corrected chi connectivity index (χ2v) is 7.07. The fourth-order valence-corrected chi connectivity index (χ4v) is 3.97. The number of fused-ring (bicyclic) bond motifs is 1. The van der Waals surface area contributed by atoms with Crippen molar-refractivity contribution in [3.8, 4) is 11.3 Å². The monoisotopic (exact) mass is 397 g/mol. The number of carbonyl (C=O) groups is 1. The van der Waals surface area contributed by atoms with Crippen molar-refractivity contribution < 1.29 is 4.79 Å². The minimum atomic E-state index is -0.297. The van der Waals surface area contributed by atoms with Gasteiger partial charge in [-0.1, -0.05) is 53.7 Å². The highest BCUT2D eigenvalue weighted by Crippen LogP contribution is 2.33. The van der Waals surface area contributed by atoms with Gasteiger partial charge in [0, 0.05) is 24.3 Å². The predicted octanol–water partition coefficient (Wildman–Crippen LogP) is 5.11. The molecule has 2 aromatic rings. The Labute approximate surface area is 174 Å². The third kappa shape index (κ3) is 4.55. The van der Waals surface area contributed by atoms with Crippen LogP contribution in [0.4, 0.5) is 11.4 Å². The largest absolute Gasteiger partial charge is 0.377 e. The minimum Gasteiger partial charge on any atom is -0.377 e. The Bertz CT molecular complexity index is 884. The first-order valence-corrected chi connectivity index (χ1v) is 11.0. The number of nitrogens with one attached hydrogen (secondary N) is 2. The summed E-state index contributed by atoms with van der Waals surface area (Å²) in [5.74, 6) is 0.610. The number of rotatable bonds is 3. The lowest BCUT2D eigenvalue weighted by Crippen LogP contribution is -2.19. The molecule has 0 bridgehead atoms. The predicted molar refractivity (Wildman–Crippen MR) is 123 cm³/mol. The summed E-state index contributed by atoms with van der Waals surface area (Å²) < 4.78 is 0. The lowest BCUT2D eigenvalue weighted by molar-refractivity contribution is 0.101. The van der Waals surface area contributed by atoms with E-state index in [4.69, 9.17) is 0 Å². The molecule has 1 unspecified atom stereocenters. The Kier molecular flexibility index (Phi) is 8.06. The molecule has 3 heterocycles. The number of Topliss-reactive ketones (excluding diaryl/α,β-unsaturated/α-hetero) is 1. The quantitative estimate of drug-likeness (QED) is 0.755. The van der Waals surface area contributed by atoms with Crippen LogP contribution in [0.25, 0.3) is 11.3 Å². The lowest BCUT2D eigenvalue weighted by atomic mass is 9.99. The van der Waals surface area contributed by atoms with E-state index in [0.29, 0.717) is 5.69 Å². The van der Waals surface area contributed by atoms with Gasteiger partial charge in [-0.2, -0.15) is 0 Å². The van der Waals surface area contributed by atoms with Gasteiger partial charge >= 0.3 is 0 Å². The van der Waals surface area contributed by atoms with Gasteiger partial charge in [-0.15, -0.1) is 0 Å². The van der Waals surface area contributed by atoms with Gasteiger partial charge in [0.25, 0.3) is 5.56 Å². The van der Waals surface area contributed by atoms with Crippen molar-refractivity contribution in [2.45, 2.75) is 54.4 Å². The van der Waals surface area contributed by atoms with Crippen LogP contribution >= 0.6 is 0 Å². The van der Waals surface area contributed by atoms with Crippen LogP contribution in [0.1, 0.15) is 63.9 Å². The van der Waals surface area contributed by atoms with E-state index in [1.807, 2.05) is 34.6 Å². The zero-order chi connectivity index (χ0) is 21.6. The molecule has 2 N–H and O–H groups in total. The number of hydrogen-bond donors (Lipinski definition) is 2. The molecule has 5 heteroatoms. The number of pyridine rings is 1. The molecule has 0 radical (unpaired) electrons. The summed E-state index contributed by atoms with van der Waals surface area (Å²) in [5.41, 5.74) is 4.72. The van der Waals surface area contributed by atoms with E-state index in [-0.39, 0.29) is 23.5 Å². The molecule has 2 aliphatic rings. The van der Waals surface area contributed by atoms with E-state index < -0.39 is 0 Å². The maximum Gasteiger partial charge on any atom is 0.261 e. The average molecular weight is 398 g/mol. The van der Waals surface area contributed by atoms with Crippen molar-refractivity contribution in [1.82, 2.24) is 4.98 Å². The molecule has 0 spiro atoms. The summed E-state index contributed by atoms with van der Waals surface area (Å²) >= 11 is 0. The number of nitrogens with zero attached hydrogens (tertiary/aromatic N) is 1. The fourth-order valence-electron chi connectivity index (χ4n) is 3.97.